The molecule has 3 aliphatic heterocycles. The van der Waals surface area contributed by atoms with Gasteiger partial charge in [-0.1, -0.05) is 17.7 Å². The van der Waals surface area contributed by atoms with Crippen LogP contribution in [0.25, 0.3) is 0 Å². The van der Waals surface area contributed by atoms with Crippen molar-refractivity contribution in [2.24, 2.45) is 5.92 Å². The molecule has 3 saturated heterocycles. The Morgan fingerprint density at radius 3 is 2.62 bits per heavy atom. The van der Waals surface area contributed by atoms with E-state index >= 15 is 0 Å². The Morgan fingerprint density at radius 2 is 1.83 bits per heavy atom. The number of carbonyl (C=O) groups is 2. The zero-order valence-corrected chi connectivity index (χ0v) is 14.2. The summed E-state index contributed by atoms with van der Waals surface area (Å²) in [6.45, 7) is 4.16. The molecule has 3 fully saturated rings. The van der Waals surface area contributed by atoms with Crippen LogP contribution in [-0.4, -0.2) is 48.4 Å². The summed E-state index contributed by atoms with van der Waals surface area (Å²) in [6, 6.07) is 8.96. The summed E-state index contributed by atoms with van der Waals surface area (Å²) in [5.41, 5.74) is 2.07. The van der Waals surface area contributed by atoms with Crippen LogP contribution in [-0.2, 0) is 9.59 Å². The fourth-order valence-electron chi connectivity index (χ4n) is 4.25. The average molecular weight is 327 g/mol. The van der Waals surface area contributed by atoms with Gasteiger partial charge in [0.15, 0.2) is 0 Å². The molecule has 0 spiro atoms. The monoisotopic (exact) mass is 327 g/mol. The predicted octanol–water partition coefficient (Wildman–Crippen LogP) is 1.70. The number of fused-ring (bicyclic) bond motifs is 2. The van der Waals surface area contributed by atoms with E-state index in [0.29, 0.717) is 25.0 Å². The van der Waals surface area contributed by atoms with Crippen LogP contribution >= 0.6 is 0 Å². The SMILES string of the molecule is Cc1ccc(N2CC(C(=O)N3CCC4CCC(C3)N4)CC2=O)cc1. The molecule has 2 bridgehead atoms. The lowest BCUT2D eigenvalue weighted by Crippen LogP contribution is -2.42. The maximum absolute atomic E-state index is 12.9. The number of hydrogen-bond acceptors (Lipinski definition) is 3. The number of hydrogen-bond donors (Lipinski definition) is 1. The molecule has 1 aromatic rings. The van der Waals surface area contributed by atoms with Gasteiger partial charge >= 0.3 is 0 Å². The van der Waals surface area contributed by atoms with Gasteiger partial charge in [-0.15, -0.1) is 0 Å². The van der Waals surface area contributed by atoms with E-state index in [1.54, 1.807) is 4.90 Å². The molecule has 5 nitrogen and oxygen atoms in total. The van der Waals surface area contributed by atoms with Crippen LogP contribution in [0.5, 0.6) is 0 Å². The summed E-state index contributed by atoms with van der Waals surface area (Å²) in [6.07, 6.45) is 3.76. The third-order valence-electron chi connectivity index (χ3n) is 5.65. The highest BCUT2D eigenvalue weighted by molar-refractivity contribution is 6.00. The highest BCUT2D eigenvalue weighted by Gasteiger charge is 2.39. The molecule has 1 aromatic carbocycles. The number of amides is 2. The molecular weight excluding hydrogens is 302 g/mol. The first-order chi connectivity index (χ1) is 11.6. The fraction of sp³-hybridized carbons (Fsp3) is 0.579. The minimum atomic E-state index is -0.199. The van der Waals surface area contributed by atoms with Crippen molar-refractivity contribution < 1.29 is 9.59 Å². The van der Waals surface area contributed by atoms with Gasteiger partial charge in [0.1, 0.15) is 0 Å². The number of benzene rings is 1. The van der Waals surface area contributed by atoms with Gasteiger partial charge in [0.2, 0.25) is 11.8 Å². The normalized spacial score (nSPS) is 29.9. The summed E-state index contributed by atoms with van der Waals surface area (Å²) >= 11 is 0. The Bertz CT molecular complexity index is 643. The number of aryl methyl sites for hydroxylation is 1. The summed E-state index contributed by atoms with van der Waals surface area (Å²) in [7, 11) is 0. The summed E-state index contributed by atoms with van der Waals surface area (Å²) in [5.74, 6) is 0.0226. The van der Waals surface area contributed by atoms with Gasteiger partial charge in [-0.3, -0.25) is 9.59 Å². The summed E-state index contributed by atoms with van der Waals surface area (Å²) in [4.78, 5) is 29.1. The number of nitrogens with one attached hydrogen (secondary N) is 1. The molecular formula is C19H25N3O2. The number of rotatable bonds is 2. The Balaban J connectivity index is 1.44. The second-order valence-electron chi connectivity index (χ2n) is 7.45. The largest absolute Gasteiger partial charge is 0.341 e. The number of carbonyl (C=O) groups excluding carboxylic acids is 2. The van der Waals surface area contributed by atoms with Crippen LogP contribution in [0.15, 0.2) is 24.3 Å². The smallest absolute Gasteiger partial charge is 0.228 e. The van der Waals surface area contributed by atoms with Crippen molar-refractivity contribution in [2.75, 3.05) is 24.5 Å². The molecule has 2 amide bonds. The number of anilines is 1. The zero-order chi connectivity index (χ0) is 16.7. The lowest BCUT2D eigenvalue weighted by atomic mass is 10.0. The lowest BCUT2D eigenvalue weighted by Gasteiger charge is -2.27. The zero-order valence-electron chi connectivity index (χ0n) is 14.2. The Kier molecular flexibility index (Phi) is 4.04. The second-order valence-corrected chi connectivity index (χ2v) is 7.45. The lowest BCUT2D eigenvalue weighted by molar-refractivity contribution is -0.136. The first-order valence-electron chi connectivity index (χ1n) is 9.02. The minimum Gasteiger partial charge on any atom is -0.341 e. The van der Waals surface area contributed by atoms with E-state index in [1.807, 2.05) is 36.1 Å². The minimum absolute atomic E-state index is 0.0617. The van der Waals surface area contributed by atoms with Crippen LogP contribution in [0.3, 0.4) is 0 Å². The van der Waals surface area contributed by atoms with E-state index in [-0.39, 0.29) is 17.7 Å². The molecule has 3 atom stereocenters. The van der Waals surface area contributed by atoms with Crippen molar-refractivity contribution in [3.05, 3.63) is 29.8 Å². The molecule has 0 aromatic heterocycles. The summed E-state index contributed by atoms with van der Waals surface area (Å²) in [5, 5.41) is 3.61. The van der Waals surface area contributed by atoms with Crippen LogP contribution in [0, 0.1) is 12.8 Å². The van der Waals surface area contributed by atoms with Crippen molar-refractivity contribution in [3.8, 4) is 0 Å². The van der Waals surface area contributed by atoms with Crippen LogP contribution in [0.4, 0.5) is 5.69 Å². The van der Waals surface area contributed by atoms with E-state index in [4.69, 9.17) is 0 Å². The van der Waals surface area contributed by atoms with E-state index in [2.05, 4.69) is 5.32 Å². The van der Waals surface area contributed by atoms with Crippen molar-refractivity contribution in [3.63, 3.8) is 0 Å². The standard InChI is InChI=1S/C19H25N3O2/c1-13-2-6-17(7-3-13)22-11-14(10-18(22)23)19(24)21-9-8-15-4-5-16(12-21)20-15/h2-3,6-7,14-16,20H,4-5,8-12H2,1H3. The molecule has 3 unspecified atom stereocenters. The third-order valence-corrected chi connectivity index (χ3v) is 5.65. The maximum atomic E-state index is 12.9. The molecule has 3 aliphatic rings. The van der Waals surface area contributed by atoms with Crippen molar-refractivity contribution >= 4 is 17.5 Å². The van der Waals surface area contributed by atoms with Crippen molar-refractivity contribution in [2.45, 2.75) is 44.7 Å². The fourth-order valence-corrected chi connectivity index (χ4v) is 4.25. The number of likely N-dealkylation sites (tertiary alicyclic amines) is 1. The van der Waals surface area contributed by atoms with Gasteiger partial charge in [0, 0.05) is 43.8 Å². The van der Waals surface area contributed by atoms with E-state index < -0.39 is 0 Å². The van der Waals surface area contributed by atoms with Crippen LogP contribution in [0.2, 0.25) is 0 Å². The Morgan fingerprint density at radius 1 is 1.08 bits per heavy atom. The Labute approximate surface area is 143 Å². The molecule has 3 heterocycles. The van der Waals surface area contributed by atoms with Gasteiger partial charge in [-0.25, -0.2) is 0 Å². The average Bonchev–Trinajstić information content (AvgIpc) is 3.10. The third kappa shape index (κ3) is 2.93. The topological polar surface area (TPSA) is 52.7 Å². The maximum Gasteiger partial charge on any atom is 0.228 e. The van der Waals surface area contributed by atoms with Gasteiger partial charge in [-0.05, 0) is 38.3 Å². The highest BCUT2D eigenvalue weighted by atomic mass is 16.2. The van der Waals surface area contributed by atoms with Gasteiger partial charge in [-0.2, -0.15) is 0 Å². The molecule has 0 radical (unpaired) electrons. The van der Waals surface area contributed by atoms with E-state index in [0.717, 1.165) is 31.6 Å². The molecule has 24 heavy (non-hydrogen) atoms. The Hall–Kier alpha value is -1.88. The molecule has 4 rings (SSSR count). The molecule has 128 valence electrons. The van der Waals surface area contributed by atoms with E-state index in [1.165, 1.54) is 12.0 Å². The first kappa shape index (κ1) is 15.6. The first-order valence-corrected chi connectivity index (χ1v) is 9.02. The van der Waals surface area contributed by atoms with Gasteiger partial charge in [0.05, 0.1) is 5.92 Å². The second kappa shape index (κ2) is 6.20. The predicted molar refractivity (Wildman–Crippen MR) is 92.8 cm³/mol. The highest BCUT2D eigenvalue weighted by Crippen LogP contribution is 2.28. The van der Waals surface area contributed by atoms with Crippen molar-refractivity contribution in [1.29, 1.82) is 0 Å². The number of nitrogens with zero attached hydrogens (tertiary/aromatic N) is 2. The molecule has 1 N–H and O–H groups in total. The molecule has 0 saturated carbocycles. The molecule has 5 heteroatoms. The van der Waals surface area contributed by atoms with Crippen LogP contribution < -0.4 is 10.2 Å². The van der Waals surface area contributed by atoms with Crippen LogP contribution in [0.1, 0.15) is 31.2 Å². The van der Waals surface area contributed by atoms with Gasteiger partial charge in [0.25, 0.3) is 0 Å². The quantitative estimate of drug-likeness (QED) is 0.899. The van der Waals surface area contributed by atoms with E-state index in [9.17, 15) is 9.59 Å². The molecule has 0 aliphatic carbocycles. The van der Waals surface area contributed by atoms with Crippen molar-refractivity contribution in [1.82, 2.24) is 10.2 Å². The van der Waals surface area contributed by atoms with Gasteiger partial charge < -0.3 is 15.1 Å². The summed E-state index contributed by atoms with van der Waals surface area (Å²) < 4.78 is 0.